The summed E-state index contributed by atoms with van der Waals surface area (Å²) >= 11 is 5.68. The van der Waals surface area contributed by atoms with Gasteiger partial charge in [-0.3, -0.25) is 4.79 Å². The number of halogens is 1. The Hall–Kier alpha value is -0.280. The molecule has 1 amide bonds. The van der Waals surface area contributed by atoms with Gasteiger partial charge in [-0.05, 0) is 38.8 Å². The molecule has 16 heavy (non-hydrogen) atoms. The molecule has 1 N–H and O–H groups in total. The summed E-state index contributed by atoms with van der Waals surface area (Å²) in [6.07, 6.45) is 4.00. The zero-order valence-electron chi connectivity index (χ0n) is 10.3. The first-order chi connectivity index (χ1) is 7.59. The lowest BCUT2D eigenvalue weighted by Crippen LogP contribution is -2.39. The quantitative estimate of drug-likeness (QED) is 0.751. The zero-order valence-corrected chi connectivity index (χ0v) is 11.1. The number of nitrogens with zero attached hydrogens (tertiary/aromatic N) is 1. The topological polar surface area (TPSA) is 32.3 Å². The van der Waals surface area contributed by atoms with Crippen LogP contribution in [0.1, 0.15) is 33.1 Å². The Balaban J connectivity index is 2.14. The van der Waals surface area contributed by atoms with Gasteiger partial charge in [0.2, 0.25) is 5.91 Å². The van der Waals surface area contributed by atoms with Gasteiger partial charge in [0, 0.05) is 13.1 Å². The standard InChI is InChI=1S/C12H23ClN2O/c1-10(8-14-12(16)11(2)13)9-15-6-4-3-5-7-15/h10-11H,3-9H2,1-2H3,(H,14,16). The highest BCUT2D eigenvalue weighted by atomic mass is 35.5. The molecule has 0 aromatic carbocycles. The maximum Gasteiger partial charge on any atom is 0.237 e. The van der Waals surface area contributed by atoms with Crippen molar-refractivity contribution in [2.75, 3.05) is 26.2 Å². The number of carbonyl (C=O) groups is 1. The van der Waals surface area contributed by atoms with Gasteiger partial charge >= 0.3 is 0 Å². The average molecular weight is 247 g/mol. The third-order valence-electron chi connectivity index (χ3n) is 3.00. The first-order valence-corrected chi connectivity index (χ1v) is 6.67. The largest absolute Gasteiger partial charge is 0.355 e. The fraction of sp³-hybridized carbons (Fsp3) is 0.917. The summed E-state index contributed by atoms with van der Waals surface area (Å²) in [6.45, 7) is 8.11. The van der Waals surface area contributed by atoms with Crippen molar-refractivity contribution < 1.29 is 4.79 Å². The molecule has 2 atom stereocenters. The fourth-order valence-corrected chi connectivity index (χ4v) is 2.14. The maximum atomic E-state index is 11.3. The summed E-state index contributed by atoms with van der Waals surface area (Å²) in [6, 6.07) is 0. The molecule has 0 saturated carbocycles. The molecule has 4 heteroatoms. The van der Waals surface area contributed by atoms with Gasteiger partial charge in [-0.15, -0.1) is 11.6 Å². The van der Waals surface area contributed by atoms with Gasteiger partial charge in [-0.1, -0.05) is 13.3 Å². The highest BCUT2D eigenvalue weighted by molar-refractivity contribution is 6.30. The molecule has 1 saturated heterocycles. The molecule has 1 aliphatic heterocycles. The molecule has 1 rings (SSSR count). The van der Waals surface area contributed by atoms with Crippen LogP contribution < -0.4 is 5.32 Å². The molecule has 3 nitrogen and oxygen atoms in total. The van der Waals surface area contributed by atoms with Crippen LogP contribution in [0.2, 0.25) is 0 Å². The Kier molecular flexibility index (Phi) is 6.14. The van der Waals surface area contributed by atoms with Gasteiger partial charge in [0.1, 0.15) is 5.38 Å². The van der Waals surface area contributed by atoms with Gasteiger partial charge in [0.05, 0.1) is 0 Å². The molecule has 1 aliphatic rings. The van der Waals surface area contributed by atoms with Crippen LogP contribution >= 0.6 is 11.6 Å². The molecule has 0 aliphatic carbocycles. The van der Waals surface area contributed by atoms with Crippen molar-refractivity contribution in [1.82, 2.24) is 10.2 Å². The van der Waals surface area contributed by atoms with Crippen LogP contribution in [0, 0.1) is 5.92 Å². The number of rotatable bonds is 5. The van der Waals surface area contributed by atoms with E-state index in [-0.39, 0.29) is 5.91 Å². The molecule has 0 spiro atoms. The van der Waals surface area contributed by atoms with Crippen molar-refractivity contribution in [1.29, 1.82) is 0 Å². The number of nitrogens with one attached hydrogen (secondary N) is 1. The smallest absolute Gasteiger partial charge is 0.237 e. The Morgan fingerprint density at radius 3 is 2.50 bits per heavy atom. The first kappa shape index (κ1) is 13.8. The Labute approximate surface area is 104 Å². The van der Waals surface area contributed by atoms with Crippen molar-refractivity contribution in [3.8, 4) is 0 Å². The zero-order chi connectivity index (χ0) is 12.0. The van der Waals surface area contributed by atoms with E-state index in [4.69, 9.17) is 11.6 Å². The van der Waals surface area contributed by atoms with Crippen LogP contribution in [0.25, 0.3) is 0 Å². The van der Waals surface area contributed by atoms with Crippen LogP contribution in [-0.4, -0.2) is 42.4 Å². The van der Waals surface area contributed by atoms with Crippen molar-refractivity contribution in [3.05, 3.63) is 0 Å². The lowest BCUT2D eigenvalue weighted by molar-refractivity contribution is -0.120. The number of hydrogen-bond donors (Lipinski definition) is 1. The number of amides is 1. The van der Waals surface area contributed by atoms with Crippen molar-refractivity contribution in [2.45, 2.75) is 38.5 Å². The highest BCUT2D eigenvalue weighted by Crippen LogP contribution is 2.10. The predicted octanol–water partition coefficient (Wildman–Crippen LogP) is 1.85. The van der Waals surface area contributed by atoms with Gasteiger partial charge in [-0.25, -0.2) is 0 Å². The molecule has 2 unspecified atom stereocenters. The second-order valence-electron chi connectivity index (χ2n) is 4.83. The average Bonchev–Trinajstić information content (AvgIpc) is 2.27. The summed E-state index contributed by atoms with van der Waals surface area (Å²) in [5.74, 6) is 0.435. The van der Waals surface area contributed by atoms with Crippen LogP contribution in [0.5, 0.6) is 0 Å². The molecule has 0 aromatic heterocycles. The summed E-state index contributed by atoms with van der Waals surface area (Å²) in [5, 5.41) is 2.45. The monoisotopic (exact) mass is 246 g/mol. The molecular formula is C12H23ClN2O. The number of carbonyl (C=O) groups excluding carboxylic acids is 1. The highest BCUT2D eigenvalue weighted by Gasteiger charge is 2.15. The molecule has 1 heterocycles. The molecule has 0 bridgehead atoms. The fourth-order valence-electron chi connectivity index (χ4n) is 2.06. The second kappa shape index (κ2) is 7.13. The van der Waals surface area contributed by atoms with Crippen molar-refractivity contribution in [3.63, 3.8) is 0 Å². The SMILES string of the molecule is CC(CNC(=O)C(C)Cl)CN1CCCCC1. The summed E-state index contributed by atoms with van der Waals surface area (Å²) in [4.78, 5) is 13.8. The molecular weight excluding hydrogens is 224 g/mol. The third-order valence-corrected chi connectivity index (χ3v) is 3.20. The van der Waals surface area contributed by atoms with Crippen LogP contribution in [-0.2, 0) is 4.79 Å². The van der Waals surface area contributed by atoms with Crippen molar-refractivity contribution >= 4 is 17.5 Å². The normalized spacial score (nSPS) is 21.4. The lowest BCUT2D eigenvalue weighted by Gasteiger charge is -2.29. The van der Waals surface area contributed by atoms with E-state index in [1.54, 1.807) is 6.92 Å². The van der Waals surface area contributed by atoms with Crippen LogP contribution in [0.4, 0.5) is 0 Å². The molecule has 94 valence electrons. The van der Waals surface area contributed by atoms with Crippen molar-refractivity contribution in [2.24, 2.45) is 5.92 Å². The number of hydrogen-bond acceptors (Lipinski definition) is 2. The van der Waals surface area contributed by atoms with Gasteiger partial charge < -0.3 is 10.2 Å². The Morgan fingerprint density at radius 2 is 1.94 bits per heavy atom. The van der Waals surface area contributed by atoms with E-state index in [1.165, 1.54) is 32.4 Å². The molecule has 0 radical (unpaired) electrons. The molecule has 1 fully saturated rings. The van der Waals surface area contributed by atoms with Crippen LogP contribution in [0.15, 0.2) is 0 Å². The van der Waals surface area contributed by atoms with Gasteiger partial charge in [-0.2, -0.15) is 0 Å². The minimum absolute atomic E-state index is 0.0628. The van der Waals surface area contributed by atoms with E-state index in [0.717, 1.165) is 13.1 Å². The van der Waals surface area contributed by atoms with Gasteiger partial charge in [0.25, 0.3) is 0 Å². The number of alkyl halides is 1. The van der Waals surface area contributed by atoms with E-state index in [9.17, 15) is 4.79 Å². The summed E-state index contributed by atoms with van der Waals surface area (Å²) in [7, 11) is 0. The van der Waals surface area contributed by atoms with Crippen LogP contribution in [0.3, 0.4) is 0 Å². The summed E-state index contributed by atoms with van der Waals surface area (Å²) < 4.78 is 0. The van der Waals surface area contributed by atoms with Gasteiger partial charge in [0.15, 0.2) is 0 Å². The second-order valence-corrected chi connectivity index (χ2v) is 5.48. The van der Waals surface area contributed by atoms with E-state index in [2.05, 4.69) is 17.1 Å². The van der Waals surface area contributed by atoms with E-state index in [1.807, 2.05) is 0 Å². The van der Waals surface area contributed by atoms with E-state index in [0.29, 0.717) is 5.92 Å². The minimum Gasteiger partial charge on any atom is -0.355 e. The predicted molar refractivity (Wildman–Crippen MR) is 67.8 cm³/mol. The third kappa shape index (κ3) is 5.17. The summed E-state index contributed by atoms with van der Waals surface area (Å²) in [5.41, 5.74) is 0. The molecule has 0 aromatic rings. The Morgan fingerprint density at radius 1 is 1.31 bits per heavy atom. The minimum atomic E-state index is -0.429. The Bertz CT molecular complexity index is 215. The lowest BCUT2D eigenvalue weighted by atomic mass is 10.1. The van der Waals surface area contributed by atoms with E-state index >= 15 is 0 Å². The number of piperidine rings is 1. The first-order valence-electron chi connectivity index (χ1n) is 6.23. The number of likely N-dealkylation sites (tertiary alicyclic amines) is 1. The van der Waals surface area contributed by atoms with E-state index < -0.39 is 5.38 Å². The maximum absolute atomic E-state index is 11.3.